The van der Waals surface area contributed by atoms with Crippen LogP contribution in [0.3, 0.4) is 0 Å². The summed E-state index contributed by atoms with van der Waals surface area (Å²) in [7, 11) is 5.08. The molecule has 3 rings (SSSR count). The highest BCUT2D eigenvalue weighted by atomic mass is 16.5. The molecule has 15 heteroatoms. The number of ether oxygens (including phenoxy) is 4. The molecule has 0 fully saturated rings. The van der Waals surface area contributed by atoms with Gasteiger partial charge in [-0.25, -0.2) is 14.6 Å². The van der Waals surface area contributed by atoms with Gasteiger partial charge in [0.15, 0.2) is 5.82 Å². The number of hydrogen-bond acceptors (Lipinski definition) is 14. The van der Waals surface area contributed by atoms with Gasteiger partial charge in [-0.15, -0.1) is 0 Å². The Balaban J connectivity index is 1.97. The normalized spacial score (nSPS) is 10.7. The van der Waals surface area contributed by atoms with E-state index in [9.17, 15) is 19.2 Å². The van der Waals surface area contributed by atoms with Gasteiger partial charge in [-0.2, -0.15) is 5.10 Å². The van der Waals surface area contributed by atoms with Crippen LogP contribution < -0.4 is 0 Å². The van der Waals surface area contributed by atoms with Crippen molar-refractivity contribution in [3.05, 3.63) is 59.5 Å². The van der Waals surface area contributed by atoms with Crippen molar-refractivity contribution in [3.8, 4) is 29.0 Å². The summed E-state index contributed by atoms with van der Waals surface area (Å²) in [4.78, 5) is 60.5. The van der Waals surface area contributed by atoms with Crippen LogP contribution in [0.4, 0.5) is 0 Å². The number of methoxy groups -OCH3 is 4. The summed E-state index contributed by atoms with van der Waals surface area (Å²) in [6, 6.07) is 10.6. The topological polar surface area (TPSA) is 176 Å². The van der Waals surface area contributed by atoms with Gasteiger partial charge in [-0.05, 0) is 37.1 Å². The molecule has 1 N–H and O–H groups in total. The molecule has 3 aromatic rings. The van der Waals surface area contributed by atoms with E-state index in [1.165, 1.54) is 28.4 Å². The molecule has 15 nitrogen and oxygen atoms in total. The molecule has 0 amide bonds. The summed E-state index contributed by atoms with van der Waals surface area (Å²) in [5.41, 5.74) is 2.68. The van der Waals surface area contributed by atoms with Crippen molar-refractivity contribution in [2.45, 2.75) is 32.4 Å². The fourth-order valence-electron chi connectivity index (χ4n) is 4.42. The van der Waals surface area contributed by atoms with E-state index < -0.39 is 23.9 Å². The van der Waals surface area contributed by atoms with E-state index in [1.807, 2.05) is 0 Å². The van der Waals surface area contributed by atoms with Crippen molar-refractivity contribution in [2.75, 3.05) is 61.2 Å². The van der Waals surface area contributed by atoms with E-state index in [-0.39, 0.29) is 45.9 Å². The molecule has 0 atom stereocenters. The first-order valence-electron chi connectivity index (χ1n) is 15.0. The minimum Gasteiger partial charge on any atom is -0.468 e. The number of hydrogen-bond donors (Lipinski definition) is 1. The van der Waals surface area contributed by atoms with Crippen LogP contribution in [0.25, 0.3) is 17.2 Å². The minimum absolute atomic E-state index is 0.0866. The Hall–Kier alpha value is -5.17. The third-order valence-corrected chi connectivity index (χ3v) is 6.82. The van der Waals surface area contributed by atoms with Crippen LogP contribution in [0, 0.1) is 11.8 Å². The molecule has 256 valence electrons. The van der Waals surface area contributed by atoms with Gasteiger partial charge in [0.1, 0.15) is 5.69 Å². The molecule has 3 heterocycles. The second-order valence-corrected chi connectivity index (χ2v) is 10.4. The Kier molecular flexibility index (Phi) is 15.1. The number of esters is 4. The van der Waals surface area contributed by atoms with E-state index in [2.05, 4.69) is 11.8 Å². The Morgan fingerprint density at radius 1 is 0.750 bits per heavy atom. The molecule has 0 spiro atoms. The predicted molar refractivity (Wildman–Crippen MR) is 171 cm³/mol. The Labute approximate surface area is 278 Å². The summed E-state index contributed by atoms with van der Waals surface area (Å²) in [6.07, 6.45) is 3.67. The van der Waals surface area contributed by atoms with Crippen LogP contribution in [-0.4, -0.2) is 120 Å². The largest absolute Gasteiger partial charge is 0.468 e. The highest BCUT2D eigenvalue weighted by Crippen LogP contribution is 2.22. The van der Waals surface area contributed by atoms with E-state index in [1.54, 1.807) is 57.1 Å². The van der Waals surface area contributed by atoms with Crippen molar-refractivity contribution in [2.24, 2.45) is 0 Å². The third-order valence-electron chi connectivity index (χ3n) is 6.82. The van der Waals surface area contributed by atoms with Crippen molar-refractivity contribution >= 4 is 23.9 Å². The molecule has 0 bridgehead atoms. The van der Waals surface area contributed by atoms with Crippen molar-refractivity contribution in [1.29, 1.82) is 0 Å². The lowest BCUT2D eigenvalue weighted by Gasteiger charge is -2.19. The maximum atomic E-state index is 12.0. The molecule has 0 unspecified atom stereocenters. The van der Waals surface area contributed by atoms with Gasteiger partial charge in [-0.3, -0.25) is 29.0 Å². The quantitative estimate of drug-likeness (QED) is 0.0941. The van der Waals surface area contributed by atoms with E-state index in [4.69, 9.17) is 39.1 Å². The summed E-state index contributed by atoms with van der Waals surface area (Å²) >= 11 is 0. The first-order chi connectivity index (χ1) is 23.2. The average molecular weight is 665 g/mol. The van der Waals surface area contributed by atoms with Crippen LogP contribution in [0.2, 0.25) is 0 Å². The molecule has 0 saturated carbocycles. The molecule has 48 heavy (non-hydrogen) atoms. The number of aliphatic hydroxyl groups excluding tert-OH is 1. The lowest BCUT2D eigenvalue weighted by Crippen LogP contribution is -2.35. The third kappa shape index (κ3) is 11.9. The summed E-state index contributed by atoms with van der Waals surface area (Å²) in [5.74, 6) is 4.70. The van der Waals surface area contributed by atoms with E-state index >= 15 is 0 Å². The first kappa shape index (κ1) is 37.3. The van der Waals surface area contributed by atoms with Gasteiger partial charge < -0.3 is 24.1 Å². The average Bonchev–Trinajstić information content (AvgIpc) is 3.52. The number of pyridine rings is 2. The molecule has 0 aliphatic heterocycles. The maximum absolute atomic E-state index is 12.0. The molecule has 3 aromatic heterocycles. The Morgan fingerprint density at radius 2 is 1.27 bits per heavy atom. The lowest BCUT2D eigenvalue weighted by molar-refractivity contribution is -0.147. The van der Waals surface area contributed by atoms with E-state index in [0.717, 1.165) is 6.42 Å². The van der Waals surface area contributed by atoms with Crippen LogP contribution in [-0.2, 0) is 51.2 Å². The summed E-state index contributed by atoms with van der Waals surface area (Å²) < 4.78 is 20.7. The minimum atomic E-state index is -0.513. The molecular weight excluding hydrogens is 624 g/mol. The molecule has 0 aliphatic carbocycles. The van der Waals surface area contributed by atoms with Gasteiger partial charge in [0.25, 0.3) is 0 Å². The zero-order valence-electron chi connectivity index (χ0n) is 27.5. The molecule has 0 aliphatic rings. The monoisotopic (exact) mass is 664 g/mol. The standard InChI is InChI=1S/C33H40N6O9/c1-45-29(41)20-37(21-30(42)46-2)18-25-12-9-14-27(34-25)33-24(11-7-5-6-8-16-40)17-39(36-33)28-15-10-13-26(35-28)19-38(22-31(43)47-3)23-32(44)48-4/h9-10,12-15,17,40H,5-6,8,16,18-23H2,1-4H3. The number of carbonyl (C=O) groups is 4. The first-order valence-corrected chi connectivity index (χ1v) is 15.0. The molecule has 0 saturated heterocycles. The highest BCUT2D eigenvalue weighted by Gasteiger charge is 2.20. The van der Waals surface area contributed by atoms with Crippen molar-refractivity contribution in [3.63, 3.8) is 0 Å². The smallest absolute Gasteiger partial charge is 0.319 e. The fraction of sp³-hybridized carbons (Fsp3) is 0.424. The number of nitrogens with zero attached hydrogens (tertiary/aromatic N) is 6. The maximum Gasteiger partial charge on any atom is 0.319 e. The van der Waals surface area contributed by atoms with Crippen LogP contribution in [0.15, 0.2) is 42.6 Å². The van der Waals surface area contributed by atoms with Crippen LogP contribution in [0.5, 0.6) is 0 Å². The number of carbonyl (C=O) groups excluding carboxylic acids is 4. The highest BCUT2D eigenvalue weighted by molar-refractivity contribution is 5.75. The SMILES string of the molecule is COC(=O)CN(CC(=O)OC)Cc1cccc(-c2nn(-c3cccc(CN(CC(=O)OC)CC(=O)OC)n3)cc2C#CCCCCO)n1. The molecule has 0 aromatic carbocycles. The second-order valence-electron chi connectivity index (χ2n) is 10.4. The summed E-state index contributed by atoms with van der Waals surface area (Å²) in [6.45, 7) is -0.177. The lowest BCUT2D eigenvalue weighted by atomic mass is 10.1. The number of aliphatic hydroxyl groups is 1. The number of aromatic nitrogens is 4. The number of unbranched alkanes of at least 4 members (excludes halogenated alkanes) is 2. The summed E-state index contributed by atoms with van der Waals surface area (Å²) in [5, 5.41) is 13.9. The van der Waals surface area contributed by atoms with Gasteiger partial charge in [0.05, 0.1) is 77.3 Å². The van der Waals surface area contributed by atoms with Crippen LogP contribution >= 0.6 is 0 Å². The van der Waals surface area contributed by atoms with Gasteiger partial charge in [0.2, 0.25) is 0 Å². The Bertz CT molecular complexity index is 1580. The van der Waals surface area contributed by atoms with Gasteiger partial charge >= 0.3 is 23.9 Å². The van der Waals surface area contributed by atoms with Crippen molar-refractivity contribution < 1.29 is 43.2 Å². The van der Waals surface area contributed by atoms with Gasteiger partial charge in [-0.1, -0.05) is 24.0 Å². The Morgan fingerprint density at radius 3 is 1.79 bits per heavy atom. The van der Waals surface area contributed by atoms with E-state index in [0.29, 0.717) is 47.0 Å². The molecular formula is C33H40N6O9. The fourth-order valence-corrected chi connectivity index (χ4v) is 4.42. The zero-order chi connectivity index (χ0) is 34.9. The number of rotatable bonds is 17. The second kappa shape index (κ2) is 19.5. The predicted octanol–water partition coefficient (Wildman–Crippen LogP) is 1.14. The van der Waals surface area contributed by atoms with Crippen LogP contribution in [0.1, 0.15) is 36.2 Å². The van der Waals surface area contributed by atoms with Crippen molar-refractivity contribution in [1.82, 2.24) is 29.5 Å². The zero-order valence-corrected chi connectivity index (χ0v) is 27.5. The molecule has 0 radical (unpaired) electrons. The van der Waals surface area contributed by atoms with Gasteiger partial charge in [0, 0.05) is 32.3 Å².